The van der Waals surface area contributed by atoms with E-state index in [1.165, 1.54) is 38.6 Å². The maximum Gasteiger partial charge on any atom is 0.237 e. The van der Waals surface area contributed by atoms with Gasteiger partial charge in [-0.25, -0.2) is 4.98 Å². The van der Waals surface area contributed by atoms with Crippen molar-refractivity contribution in [2.24, 2.45) is 0 Å². The third kappa shape index (κ3) is 4.46. The summed E-state index contributed by atoms with van der Waals surface area (Å²) in [5, 5.41) is 3.40. The quantitative estimate of drug-likeness (QED) is 0.185. The summed E-state index contributed by atoms with van der Waals surface area (Å²) in [5.74, 6) is 1.47. The molecule has 0 fully saturated rings. The highest BCUT2D eigenvalue weighted by Crippen LogP contribution is 2.54. The van der Waals surface area contributed by atoms with Gasteiger partial charge < -0.3 is 0 Å². The van der Waals surface area contributed by atoms with Gasteiger partial charge >= 0.3 is 0 Å². The van der Waals surface area contributed by atoms with Crippen molar-refractivity contribution in [3.8, 4) is 28.1 Å². The van der Waals surface area contributed by atoms with E-state index in [-0.39, 0.29) is 5.41 Å². The minimum Gasteiger partial charge on any atom is -0.293 e. The molecule has 242 valence electrons. The molecule has 0 saturated carbocycles. The van der Waals surface area contributed by atoms with Gasteiger partial charge in [0.05, 0.1) is 22.2 Å². The highest BCUT2D eigenvalue weighted by atomic mass is 15.3. The molecule has 0 radical (unpaired) electrons. The fourth-order valence-electron chi connectivity index (χ4n) is 8.19. The van der Waals surface area contributed by atoms with Crippen molar-refractivity contribution in [3.05, 3.63) is 181 Å². The summed E-state index contributed by atoms with van der Waals surface area (Å²) in [6.07, 6.45) is 0. The number of aromatic nitrogens is 3. The van der Waals surface area contributed by atoms with E-state index in [9.17, 15) is 0 Å². The molecule has 0 unspecified atom stereocenters. The first-order valence-corrected chi connectivity index (χ1v) is 17.5. The molecule has 1 aliphatic carbocycles. The van der Waals surface area contributed by atoms with Crippen LogP contribution in [0, 0.1) is 0 Å². The van der Waals surface area contributed by atoms with Crippen LogP contribution in [0.4, 0.5) is 17.3 Å². The van der Waals surface area contributed by atoms with Gasteiger partial charge in [-0.2, -0.15) is 4.98 Å². The van der Waals surface area contributed by atoms with Gasteiger partial charge in [-0.1, -0.05) is 141 Å². The summed E-state index contributed by atoms with van der Waals surface area (Å²) in [7, 11) is 0. The van der Waals surface area contributed by atoms with Crippen LogP contribution in [0.2, 0.25) is 0 Å². The molecule has 0 aliphatic heterocycles. The van der Waals surface area contributed by atoms with Crippen molar-refractivity contribution >= 4 is 50.0 Å². The first-order chi connectivity index (χ1) is 25.1. The Hall–Kier alpha value is -6.52. The predicted octanol–water partition coefficient (Wildman–Crippen LogP) is 12.2. The molecule has 1 aliphatic rings. The maximum absolute atomic E-state index is 5.57. The zero-order chi connectivity index (χ0) is 34.1. The average molecular weight is 655 g/mol. The molecule has 0 spiro atoms. The smallest absolute Gasteiger partial charge is 0.237 e. The summed E-state index contributed by atoms with van der Waals surface area (Å²) in [5.41, 5.74) is 12.5. The zero-order valence-electron chi connectivity index (χ0n) is 28.5. The highest BCUT2D eigenvalue weighted by molar-refractivity contribution is 6.10. The minimum absolute atomic E-state index is 0.150. The lowest BCUT2D eigenvalue weighted by Gasteiger charge is -2.28. The number of hydrogen-bond acceptors (Lipinski definition) is 3. The highest BCUT2D eigenvalue weighted by Gasteiger charge is 2.38. The molecule has 2 aromatic heterocycles. The topological polar surface area (TPSA) is 34.0 Å². The zero-order valence-corrected chi connectivity index (χ0v) is 28.5. The van der Waals surface area contributed by atoms with E-state index in [4.69, 9.17) is 9.97 Å². The third-order valence-electron chi connectivity index (χ3n) is 10.6. The second kappa shape index (κ2) is 11.3. The van der Waals surface area contributed by atoms with Gasteiger partial charge in [-0.3, -0.25) is 9.47 Å². The monoisotopic (exact) mass is 654 g/mol. The molecule has 51 heavy (non-hydrogen) atoms. The first kappa shape index (κ1) is 29.4. The Morgan fingerprint density at radius 1 is 0.490 bits per heavy atom. The number of benzene rings is 7. The molecule has 0 bridgehead atoms. The van der Waals surface area contributed by atoms with E-state index >= 15 is 0 Å². The molecule has 9 aromatic rings. The van der Waals surface area contributed by atoms with E-state index in [1.54, 1.807) is 0 Å². The SMILES string of the molecule is CC1(C)c2ccccc2-c2c(N(c3ccc(-c4ccccc4)cc3)c3nc(-n4c5ccccc5c5ccccc54)c4ccccc4n3)cccc21. The third-order valence-corrected chi connectivity index (χ3v) is 10.6. The predicted molar refractivity (Wildman–Crippen MR) is 212 cm³/mol. The Morgan fingerprint density at radius 2 is 1.08 bits per heavy atom. The number of para-hydroxylation sites is 3. The largest absolute Gasteiger partial charge is 0.293 e. The number of fused-ring (bicyclic) bond motifs is 7. The number of nitrogens with zero attached hydrogens (tertiary/aromatic N) is 4. The Kier molecular flexibility index (Phi) is 6.49. The Bertz CT molecular complexity index is 2720. The Labute approximate surface area is 296 Å². The van der Waals surface area contributed by atoms with Crippen LogP contribution in [-0.2, 0) is 5.41 Å². The fraction of sp³-hybridized carbons (Fsp3) is 0.0638. The summed E-state index contributed by atoms with van der Waals surface area (Å²) in [4.78, 5) is 13.2. The van der Waals surface area contributed by atoms with Crippen molar-refractivity contribution in [3.63, 3.8) is 0 Å². The summed E-state index contributed by atoms with van der Waals surface area (Å²) < 4.78 is 2.31. The standard InChI is InChI=1S/C47H34N4/c1-47(2)38-21-10-6-19-36(38)44-39(47)22-14-26-43(44)50(33-29-27-32(28-30-33)31-15-4-3-5-16-31)46-48-40-23-11-7-20-37(40)45(49-46)51-41-24-12-8-17-34(41)35-18-9-13-25-42(35)51/h3-30H,1-2H3. The van der Waals surface area contributed by atoms with Crippen LogP contribution in [0.3, 0.4) is 0 Å². The average Bonchev–Trinajstić information content (AvgIpc) is 3.64. The Morgan fingerprint density at radius 3 is 1.82 bits per heavy atom. The summed E-state index contributed by atoms with van der Waals surface area (Å²) >= 11 is 0. The molecule has 10 rings (SSSR count). The van der Waals surface area contributed by atoms with Crippen LogP contribution >= 0.6 is 0 Å². The van der Waals surface area contributed by atoms with E-state index in [0.717, 1.165) is 44.7 Å². The number of rotatable bonds is 5. The van der Waals surface area contributed by atoms with E-state index in [0.29, 0.717) is 5.95 Å². The summed E-state index contributed by atoms with van der Waals surface area (Å²) in [6.45, 7) is 4.65. The van der Waals surface area contributed by atoms with Gasteiger partial charge in [0.15, 0.2) is 5.82 Å². The number of hydrogen-bond donors (Lipinski definition) is 0. The molecule has 7 aromatic carbocycles. The van der Waals surface area contributed by atoms with Crippen LogP contribution in [0.5, 0.6) is 0 Å². The van der Waals surface area contributed by atoms with Crippen LogP contribution in [0.25, 0.3) is 60.8 Å². The van der Waals surface area contributed by atoms with Gasteiger partial charge in [0.25, 0.3) is 0 Å². The van der Waals surface area contributed by atoms with E-state index in [2.05, 4.69) is 193 Å². The molecular formula is C47H34N4. The van der Waals surface area contributed by atoms with Crippen LogP contribution in [0.15, 0.2) is 170 Å². The van der Waals surface area contributed by atoms with Crippen LogP contribution in [-0.4, -0.2) is 14.5 Å². The van der Waals surface area contributed by atoms with E-state index < -0.39 is 0 Å². The van der Waals surface area contributed by atoms with Gasteiger partial charge in [-0.05, 0) is 70.3 Å². The minimum atomic E-state index is -0.150. The normalized spacial score (nSPS) is 13.1. The lowest BCUT2D eigenvalue weighted by atomic mass is 9.82. The molecule has 0 atom stereocenters. The second-order valence-electron chi connectivity index (χ2n) is 13.9. The molecule has 0 saturated heterocycles. The molecule has 0 amide bonds. The lowest BCUT2D eigenvalue weighted by molar-refractivity contribution is 0.660. The van der Waals surface area contributed by atoms with Crippen LogP contribution in [0.1, 0.15) is 25.0 Å². The van der Waals surface area contributed by atoms with Crippen molar-refractivity contribution in [1.82, 2.24) is 14.5 Å². The summed E-state index contributed by atoms with van der Waals surface area (Å²) in [6, 6.07) is 60.4. The maximum atomic E-state index is 5.57. The molecule has 0 N–H and O–H groups in total. The molecule has 4 heteroatoms. The van der Waals surface area contributed by atoms with Gasteiger partial charge in [0, 0.05) is 32.8 Å². The van der Waals surface area contributed by atoms with Crippen molar-refractivity contribution < 1.29 is 0 Å². The van der Waals surface area contributed by atoms with Crippen LogP contribution < -0.4 is 4.90 Å². The molecule has 2 heterocycles. The fourth-order valence-corrected chi connectivity index (χ4v) is 8.19. The second-order valence-corrected chi connectivity index (χ2v) is 13.9. The molecule has 4 nitrogen and oxygen atoms in total. The van der Waals surface area contributed by atoms with Crippen molar-refractivity contribution in [2.45, 2.75) is 19.3 Å². The van der Waals surface area contributed by atoms with Gasteiger partial charge in [0.2, 0.25) is 5.95 Å². The van der Waals surface area contributed by atoms with Crippen molar-refractivity contribution in [2.75, 3.05) is 4.90 Å². The lowest BCUT2D eigenvalue weighted by Crippen LogP contribution is -2.17. The molecular weight excluding hydrogens is 621 g/mol. The van der Waals surface area contributed by atoms with Crippen molar-refractivity contribution in [1.29, 1.82) is 0 Å². The number of anilines is 3. The van der Waals surface area contributed by atoms with Gasteiger partial charge in [0.1, 0.15) is 0 Å². The van der Waals surface area contributed by atoms with E-state index in [1.807, 2.05) is 0 Å². The first-order valence-electron chi connectivity index (χ1n) is 17.5. The Balaban J connectivity index is 1.28. The van der Waals surface area contributed by atoms with Gasteiger partial charge in [-0.15, -0.1) is 0 Å².